The van der Waals surface area contributed by atoms with E-state index in [0.29, 0.717) is 12.1 Å². The molecule has 100 valence electrons. The Labute approximate surface area is 115 Å². The number of anilines is 1. The molecule has 0 saturated carbocycles. The molecule has 0 spiro atoms. The zero-order chi connectivity index (χ0) is 13.9. The monoisotopic (exact) mass is 315 g/mol. The van der Waals surface area contributed by atoms with Crippen LogP contribution in [0.4, 0.5) is 5.69 Å². The molecule has 5 nitrogen and oxygen atoms in total. The molecule has 0 atom stereocenters. The third kappa shape index (κ3) is 3.89. The second-order valence-corrected chi connectivity index (χ2v) is 5.67. The number of hydrogen-bond acceptors (Lipinski definition) is 4. The van der Waals surface area contributed by atoms with Crippen LogP contribution < -0.4 is 10.6 Å². The Bertz CT molecular complexity index is 455. The number of aliphatic hydroxyl groups is 1. The first-order valence-corrected chi connectivity index (χ1v) is 6.25. The fraction of sp³-hybridized carbons (Fsp3) is 0.417. The lowest BCUT2D eigenvalue weighted by molar-refractivity contribution is 0.0886. The topological polar surface area (TPSA) is 82.1 Å². The Kier molecular flexibility index (Phi) is 4.59. The maximum Gasteiger partial charge on any atom is 0.171 e. The number of hydrogen-bond donors (Lipinski definition) is 3. The molecule has 0 amide bonds. The Morgan fingerprint density at radius 2 is 2.11 bits per heavy atom. The second-order valence-electron chi connectivity index (χ2n) is 4.82. The van der Waals surface area contributed by atoms with E-state index in [2.05, 4.69) is 21.1 Å². The molecule has 0 unspecified atom stereocenters. The van der Waals surface area contributed by atoms with Gasteiger partial charge in [-0.1, -0.05) is 5.16 Å². The predicted molar refractivity (Wildman–Crippen MR) is 76.2 cm³/mol. The van der Waals surface area contributed by atoms with Gasteiger partial charge < -0.3 is 20.9 Å². The van der Waals surface area contributed by atoms with Gasteiger partial charge in [0.15, 0.2) is 5.84 Å². The Morgan fingerprint density at radius 1 is 1.50 bits per heavy atom. The molecule has 0 aliphatic carbocycles. The summed E-state index contributed by atoms with van der Waals surface area (Å²) in [6.45, 7) is 4.01. The minimum Gasteiger partial charge on any atom is -0.409 e. The lowest BCUT2D eigenvalue weighted by atomic mass is 10.1. The highest BCUT2D eigenvalue weighted by molar-refractivity contribution is 9.10. The Morgan fingerprint density at radius 3 is 2.56 bits per heavy atom. The Balaban J connectivity index is 2.98. The fourth-order valence-corrected chi connectivity index (χ4v) is 2.24. The number of oxime groups is 1. The van der Waals surface area contributed by atoms with E-state index in [4.69, 9.17) is 10.9 Å². The maximum absolute atomic E-state index is 9.77. The van der Waals surface area contributed by atoms with Gasteiger partial charge in [0, 0.05) is 29.3 Å². The number of halogens is 1. The molecular formula is C12H18BrN3O2. The normalized spacial score (nSPS) is 12.6. The Hall–Kier alpha value is -1.27. The van der Waals surface area contributed by atoms with E-state index in [1.165, 1.54) is 0 Å². The number of benzene rings is 1. The van der Waals surface area contributed by atoms with Gasteiger partial charge >= 0.3 is 0 Å². The van der Waals surface area contributed by atoms with E-state index in [1.54, 1.807) is 19.9 Å². The van der Waals surface area contributed by atoms with Crippen LogP contribution >= 0.6 is 15.9 Å². The predicted octanol–water partition coefficient (Wildman–Crippen LogP) is 1.75. The molecule has 6 heteroatoms. The van der Waals surface area contributed by atoms with Gasteiger partial charge in [-0.15, -0.1) is 0 Å². The standard InChI is InChI=1S/C12H18BrN3O2/c1-12(2,17)7-16(3)8-4-5-9(10(13)6-8)11(14)15-18/h4-6,17-18H,7H2,1-3H3,(H2,14,15). The molecule has 0 aliphatic rings. The largest absolute Gasteiger partial charge is 0.409 e. The molecule has 0 bridgehead atoms. The smallest absolute Gasteiger partial charge is 0.171 e. The van der Waals surface area contributed by atoms with Crippen LogP contribution in [0.1, 0.15) is 19.4 Å². The summed E-state index contributed by atoms with van der Waals surface area (Å²) in [4.78, 5) is 1.93. The fourth-order valence-electron chi connectivity index (χ4n) is 1.67. The quantitative estimate of drug-likeness (QED) is 0.342. The SMILES string of the molecule is CN(CC(C)(C)O)c1ccc(/C(N)=N/O)c(Br)c1. The van der Waals surface area contributed by atoms with Crippen molar-refractivity contribution in [2.24, 2.45) is 10.9 Å². The zero-order valence-corrected chi connectivity index (χ0v) is 12.3. The number of amidine groups is 1. The van der Waals surface area contributed by atoms with E-state index >= 15 is 0 Å². The van der Waals surface area contributed by atoms with Crippen molar-refractivity contribution in [1.29, 1.82) is 0 Å². The molecule has 1 rings (SSSR count). The minimum absolute atomic E-state index is 0.0542. The first-order valence-electron chi connectivity index (χ1n) is 5.45. The summed E-state index contributed by atoms with van der Waals surface area (Å²) >= 11 is 3.38. The third-order valence-electron chi connectivity index (χ3n) is 2.40. The molecule has 0 heterocycles. The van der Waals surface area contributed by atoms with Crippen molar-refractivity contribution in [3.63, 3.8) is 0 Å². The van der Waals surface area contributed by atoms with Crippen LogP contribution in [-0.2, 0) is 0 Å². The number of rotatable bonds is 4. The van der Waals surface area contributed by atoms with Crippen LogP contribution in [0.3, 0.4) is 0 Å². The highest BCUT2D eigenvalue weighted by atomic mass is 79.9. The molecule has 0 aromatic heterocycles. The van der Waals surface area contributed by atoms with Crippen molar-refractivity contribution in [3.8, 4) is 0 Å². The van der Waals surface area contributed by atoms with Crippen molar-refractivity contribution in [3.05, 3.63) is 28.2 Å². The lowest BCUT2D eigenvalue weighted by Crippen LogP contribution is -2.36. The average Bonchev–Trinajstić information content (AvgIpc) is 2.25. The van der Waals surface area contributed by atoms with Crippen LogP contribution in [0.15, 0.2) is 27.8 Å². The molecule has 1 aromatic carbocycles. The highest BCUT2D eigenvalue weighted by Crippen LogP contribution is 2.24. The number of likely N-dealkylation sites (N-methyl/N-ethyl adjacent to an activating group) is 1. The van der Waals surface area contributed by atoms with Gasteiger partial charge in [-0.2, -0.15) is 0 Å². The van der Waals surface area contributed by atoms with E-state index in [-0.39, 0.29) is 5.84 Å². The molecule has 0 saturated heterocycles. The number of nitrogens with zero attached hydrogens (tertiary/aromatic N) is 2. The molecular weight excluding hydrogens is 298 g/mol. The van der Waals surface area contributed by atoms with Gasteiger partial charge in [-0.05, 0) is 48.0 Å². The summed E-state index contributed by atoms with van der Waals surface area (Å²) in [5.41, 5.74) is 6.32. The van der Waals surface area contributed by atoms with Crippen molar-refractivity contribution in [1.82, 2.24) is 0 Å². The summed E-state index contributed by atoms with van der Waals surface area (Å²) in [5, 5.41) is 21.4. The van der Waals surface area contributed by atoms with Gasteiger partial charge in [0.25, 0.3) is 0 Å². The summed E-state index contributed by atoms with van der Waals surface area (Å²) in [6.07, 6.45) is 0. The summed E-state index contributed by atoms with van der Waals surface area (Å²) in [5.74, 6) is 0.0542. The molecule has 4 N–H and O–H groups in total. The minimum atomic E-state index is -0.772. The molecule has 0 radical (unpaired) electrons. The van der Waals surface area contributed by atoms with Crippen molar-refractivity contribution >= 4 is 27.5 Å². The van der Waals surface area contributed by atoms with Crippen LogP contribution in [0.2, 0.25) is 0 Å². The van der Waals surface area contributed by atoms with Crippen molar-refractivity contribution < 1.29 is 10.3 Å². The van der Waals surface area contributed by atoms with Gasteiger partial charge in [0.1, 0.15) is 0 Å². The highest BCUT2D eigenvalue weighted by Gasteiger charge is 2.16. The van der Waals surface area contributed by atoms with E-state index in [9.17, 15) is 5.11 Å². The molecule has 0 aliphatic heterocycles. The van der Waals surface area contributed by atoms with Gasteiger partial charge in [0.05, 0.1) is 5.60 Å². The first-order chi connectivity index (χ1) is 8.24. The van der Waals surface area contributed by atoms with Crippen molar-refractivity contribution in [2.45, 2.75) is 19.4 Å². The van der Waals surface area contributed by atoms with E-state index in [0.717, 1.165) is 10.2 Å². The van der Waals surface area contributed by atoms with Crippen LogP contribution in [0.5, 0.6) is 0 Å². The molecule has 1 aromatic rings. The first kappa shape index (κ1) is 14.8. The zero-order valence-electron chi connectivity index (χ0n) is 10.7. The third-order valence-corrected chi connectivity index (χ3v) is 3.06. The lowest BCUT2D eigenvalue weighted by Gasteiger charge is -2.27. The second kappa shape index (κ2) is 5.58. The van der Waals surface area contributed by atoms with E-state index < -0.39 is 5.60 Å². The van der Waals surface area contributed by atoms with Crippen LogP contribution in [0.25, 0.3) is 0 Å². The van der Waals surface area contributed by atoms with Gasteiger partial charge in [-0.3, -0.25) is 0 Å². The van der Waals surface area contributed by atoms with E-state index in [1.807, 2.05) is 24.1 Å². The van der Waals surface area contributed by atoms with Crippen LogP contribution in [0, 0.1) is 0 Å². The number of nitrogens with two attached hydrogens (primary N) is 1. The molecule has 18 heavy (non-hydrogen) atoms. The van der Waals surface area contributed by atoms with Crippen molar-refractivity contribution in [2.75, 3.05) is 18.5 Å². The average molecular weight is 316 g/mol. The summed E-state index contributed by atoms with van der Waals surface area (Å²) in [6, 6.07) is 5.47. The van der Waals surface area contributed by atoms with Crippen LogP contribution in [-0.4, -0.2) is 35.3 Å². The molecule has 0 fully saturated rings. The van der Waals surface area contributed by atoms with Gasteiger partial charge in [0.2, 0.25) is 0 Å². The summed E-state index contributed by atoms with van der Waals surface area (Å²) < 4.78 is 0.734. The van der Waals surface area contributed by atoms with Gasteiger partial charge in [-0.25, -0.2) is 0 Å². The maximum atomic E-state index is 9.77. The summed E-state index contributed by atoms with van der Waals surface area (Å²) in [7, 11) is 1.89.